The molecule has 0 saturated carbocycles. The number of fused-ring (bicyclic) bond motifs is 1. The molecule has 0 aliphatic carbocycles. The number of rotatable bonds is 2. The number of anilines is 1. The van der Waals surface area contributed by atoms with Gasteiger partial charge in [-0.1, -0.05) is 25.2 Å². The van der Waals surface area contributed by atoms with Gasteiger partial charge in [0.2, 0.25) is 0 Å². The monoisotopic (exact) mass is 222 g/mol. The van der Waals surface area contributed by atoms with Crippen LogP contribution in [-0.4, -0.2) is 4.57 Å². The zero-order chi connectivity index (χ0) is 11.0. The number of nitrogens with zero attached hydrogens (tertiary/aromatic N) is 1. The first-order chi connectivity index (χ1) is 7.08. The van der Waals surface area contributed by atoms with E-state index in [1.807, 2.05) is 22.8 Å². The smallest absolute Gasteiger partial charge is 0.308 e. The maximum Gasteiger partial charge on any atom is 0.308 e. The van der Waals surface area contributed by atoms with E-state index in [0.717, 1.165) is 16.8 Å². The zero-order valence-corrected chi connectivity index (χ0v) is 9.67. The summed E-state index contributed by atoms with van der Waals surface area (Å²) in [5, 5.41) is 0. The van der Waals surface area contributed by atoms with Gasteiger partial charge in [-0.25, -0.2) is 0 Å². The van der Waals surface area contributed by atoms with Crippen molar-refractivity contribution in [2.75, 3.05) is 5.73 Å². The van der Waals surface area contributed by atoms with Crippen LogP contribution in [-0.2, 0) is 6.54 Å². The van der Waals surface area contributed by atoms with Crippen LogP contribution in [0.2, 0.25) is 0 Å². The van der Waals surface area contributed by atoms with Gasteiger partial charge in [-0.3, -0.25) is 9.36 Å². The second-order valence-corrected chi connectivity index (χ2v) is 5.09. The van der Waals surface area contributed by atoms with Crippen molar-refractivity contribution in [3.05, 3.63) is 27.9 Å². The number of thiazole rings is 1. The Hall–Kier alpha value is -1.29. The van der Waals surface area contributed by atoms with Crippen molar-refractivity contribution in [3.8, 4) is 0 Å². The summed E-state index contributed by atoms with van der Waals surface area (Å²) in [6.45, 7) is 4.98. The van der Waals surface area contributed by atoms with E-state index in [-0.39, 0.29) is 4.87 Å². The molecule has 80 valence electrons. The summed E-state index contributed by atoms with van der Waals surface area (Å²) in [7, 11) is 0. The molecule has 2 N–H and O–H groups in total. The summed E-state index contributed by atoms with van der Waals surface area (Å²) in [5.74, 6) is 0.470. The van der Waals surface area contributed by atoms with Gasteiger partial charge in [-0.2, -0.15) is 0 Å². The van der Waals surface area contributed by atoms with Gasteiger partial charge in [-0.05, 0) is 24.1 Å². The van der Waals surface area contributed by atoms with Crippen molar-refractivity contribution >= 4 is 27.2 Å². The van der Waals surface area contributed by atoms with Crippen LogP contribution in [0.15, 0.2) is 23.0 Å². The molecule has 1 heterocycles. The average Bonchev–Trinajstić information content (AvgIpc) is 2.41. The third-order valence-electron chi connectivity index (χ3n) is 2.24. The molecule has 0 fully saturated rings. The first-order valence-electron chi connectivity index (χ1n) is 4.97. The van der Waals surface area contributed by atoms with Crippen LogP contribution >= 0.6 is 11.3 Å². The van der Waals surface area contributed by atoms with E-state index in [1.54, 1.807) is 0 Å². The summed E-state index contributed by atoms with van der Waals surface area (Å²) >= 11 is 1.26. The van der Waals surface area contributed by atoms with Crippen molar-refractivity contribution in [2.24, 2.45) is 5.92 Å². The normalized spacial score (nSPS) is 11.4. The molecule has 15 heavy (non-hydrogen) atoms. The summed E-state index contributed by atoms with van der Waals surface area (Å²) < 4.78 is 2.80. The van der Waals surface area contributed by atoms with E-state index in [9.17, 15) is 4.79 Å². The van der Waals surface area contributed by atoms with Crippen molar-refractivity contribution in [3.63, 3.8) is 0 Å². The van der Waals surface area contributed by atoms with Gasteiger partial charge in [-0.15, -0.1) is 0 Å². The van der Waals surface area contributed by atoms with Gasteiger partial charge in [0.25, 0.3) is 0 Å². The molecule has 0 amide bonds. The molecule has 0 aliphatic heterocycles. The fourth-order valence-electron chi connectivity index (χ4n) is 1.62. The highest BCUT2D eigenvalue weighted by Crippen LogP contribution is 2.20. The summed E-state index contributed by atoms with van der Waals surface area (Å²) in [6.07, 6.45) is 0. The van der Waals surface area contributed by atoms with Crippen LogP contribution in [0.1, 0.15) is 13.8 Å². The fraction of sp³-hybridized carbons (Fsp3) is 0.364. The Morgan fingerprint density at radius 2 is 2.20 bits per heavy atom. The molecule has 3 nitrogen and oxygen atoms in total. The molecule has 0 atom stereocenters. The molecule has 1 aromatic carbocycles. The predicted molar refractivity (Wildman–Crippen MR) is 65.3 cm³/mol. The van der Waals surface area contributed by atoms with Crippen LogP contribution in [0.5, 0.6) is 0 Å². The molecule has 0 bridgehead atoms. The van der Waals surface area contributed by atoms with Gasteiger partial charge in [0, 0.05) is 12.2 Å². The Bertz CT molecular complexity index is 539. The van der Waals surface area contributed by atoms with Crippen molar-refractivity contribution in [1.29, 1.82) is 0 Å². The standard InChI is InChI=1S/C11H14N2OS/c1-7(2)6-13-9-4-3-8(12)5-10(9)15-11(13)14/h3-5,7H,6,12H2,1-2H3. The van der Waals surface area contributed by atoms with Crippen molar-refractivity contribution in [1.82, 2.24) is 4.57 Å². The van der Waals surface area contributed by atoms with E-state index in [1.165, 1.54) is 11.3 Å². The topological polar surface area (TPSA) is 48.0 Å². The minimum Gasteiger partial charge on any atom is -0.399 e. The first-order valence-corrected chi connectivity index (χ1v) is 5.78. The van der Waals surface area contributed by atoms with E-state index < -0.39 is 0 Å². The Labute approximate surface area is 92.1 Å². The van der Waals surface area contributed by atoms with E-state index in [4.69, 9.17) is 5.73 Å². The Kier molecular flexibility index (Phi) is 2.52. The highest BCUT2D eigenvalue weighted by molar-refractivity contribution is 7.16. The number of hydrogen-bond acceptors (Lipinski definition) is 3. The lowest BCUT2D eigenvalue weighted by molar-refractivity contribution is 0.529. The quantitative estimate of drug-likeness (QED) is 0.793. The predicted octanol–water partition coefficient (Wildman–Crippen LogP) is 2.30. The van der Waals surface area contributed by atoms with Gasteiger partial charge in [0.05, 0.1) is 10.2 Å². The molecule has 0 saturated heterocycles. The molecular weight excluding hydrogens is 208 g/mol. The van der Waals surface area contributed by atoms with Gasteiger partial charge < -0.3 is 5.73 Å². The number of benzene rings is 1. The molecule has 0 radical (unpaired) electrons. The van der Waals surface area contributed by atoms with Crippen LogP contribution in [0.3, 0.4) is 0 Å². The lowest BCUT2D eigenvalue weighted by atomic mass is 10.2. The second kappa shape index (κ2) is 3.70. The maximum atomic E-state index is 11.7. The number of nitrogen functional groups attached to an aromatic ring is 1. The van der Waals surface area contributed by atoms with E-state index in [2.05, 4.69) is 13.8 Å². The fourth-order valence-corrected chi connectivity index (χ4v) is 2.57. The van der Waals surface area contributed by atoms with Gasteiger partial charge >= 0.3 is 4.87 Å². The Morgan fingerprint density at radius 3 is 2.87 bits per heavy atom. The third-order valence-corrected chi connectivity index (χ3v) is 3.18. The van der Waals surface area contributed by atoms with Crippen molar-refractivity contribution < 1.29 is 0 Å². The lowest BCUT2D eigenvalue weighted by Gasteiger charge is -2.06. The average molecular weight is 222 g/mol. The number of nitrogens with two attached hydrogens (primary N) is 1. The zero-order valence-electron chi connectivity index (χ0n) is 8.86. The summed E-state index contributed by atoms with van der Waals surface area (Å²) in [5.41, 5.74) is 7.38. The van der Waals surface area contributed by atoms with E-state index >= 15 is 0 Å². The Morgan fingerprint density at radius 1 is 1.47 bits per heavy atom. The third kappa shape index (κ3) is 1.90. The molecule has 4 heteroatoms. The maximum absolute atomic E-state index is 11.7. The minimum absolute atomic E-state index is 0.101. The lowest BCUT2D eigenvalue weighted by Crippen LogP contribution is -2.15. The highest BCUT2D eigenvalue weighted by atomic mass is 32.1. The van der Waals surface area contributed by atoms with Crippen molar-refractivity contribution in [2.45, 2.75) is 20.4 Å². The second-order valence-electron chi connectivity index (χ2n) is 4.10. The Balaban J connectivity index is 2.63. The van der Waals surface area contributed by atoms with Crippen LogP contribution in [0.25, 0.3) is 10.2 Å². The molecule has 2 rings (SSSR count). The molecule has 1 aromatic heterocycles. The van der Waals surface area contributed by atoms with Gasteiger partial charge in [0.15, 0.2) is 0 Å². The SMILES string of the molecule is CC(C)Cn1c(=O)sc2cc(N)ccc21. The van der Waals surface area contributed by atoms with E-state index in [0.29, 0.717) is 11.6 Å². The molecule has 2 aromatic rings. The molecule has 0 aliphatic rings. The van der Waals surface area contributed by atoms with Gasteiger partial charge in [0.1, 0.15) is 0 Å². The van der Waals surface area contributed by atoms with Crippen LogP contribution < -0.4 is 10.6 Å². The molecule has 0 unspecified atom stereocenters. The largest absolute Gasteiger partial charge is 0.399 e. The summed E-state index contributed by atoms with van der Waals surface area (Å²) in [6, 6.07) is 5.62. The first kappa shape index (κ1) is 10.2. The molecule has 0 spiro atoms. The molecular formula is C11H14N2OS. The minimum atomic E-state index is 0.101. The van der Waals surface area contributed by atoms with Crippen LogP contribution in [0, 0.1) is 5.92 Å². The number of hydrogen-bond donors (Lipinski definition) is 1. The summed E-state index contributed by atoms with van der Waals surface area (Å²) in [4.78, 5) is 11.8. The highest BCUT2D eigenvalue weighted by Gasteiger charge is 2.08. The van der Waals surface area contributed by atoms with Crippen LogP contribution in [0.4, 0.5) is 5.69 Å². The number of aromatic nitrogens is 1.